The zero-order valence-electron chi connectivity index (χ0n) is 21.6. The van der Waals surface area contributed by atoms with Crippen molar-refractivity contribution < 1.29 is 23.8 Å². The largest absolute Gasteiger partial charge is 0.463 e. The van der Waals surface area contributed by atoms with Gasteiger partial charge in [-0.25, -0.2) is 9.59 Å². The fourth-order valence-corrected chi connectivity index (χ4v) is 5.18. The van der Waals surface area contributed by atoms with E-state index in [1.807, 2.05) is 0 Å². The number of unbranched alkanes of at least 4 members (excludes halogenated alkanes) is 14. The first kappa shape index (κ1) is 28.1. The lowest BCUT2D eigenvalue weighted by Crippen LogP contribution is -2.44. The first-order chi connectivity index (χ1) is 16.1. The van der Waals surface area contributed by atoms with Gasteiger partial charge < -0.3 is 14.2 Å². The molecule has 5 heteroatoms. The van der Waals surface area contributed by atoms with Gasteiger partial charge in [-0.2, -0.15) is 0 Å². The number of carbonyl (C=O) groups excluding carboxylic acids is 2. The molecule has 5 nitrogen and oxygen atoms in total. The number of fused-ring (bicyclic) bond motifs is 1. The minimum Gasteiger partial charge on any atom is -0.463 e. The predicted molar refractivity (Wildman–Crippen MR) is 132 cm³/mol. The quantitative estimate of drug-likeness (QED) is 0.106. The highest BCUT2D eigenvalue weighted by molar-refractivity contribution is 5.98. The molecule has 0 aromatic heterocycles. The van der Waals surface area contributed by atoms with Crippen LogP contribution in [0.5, 0.6) is 0 Å². The monoisotopic (exact) mass is 466 g/mol. The number of carbonyl (C=O) groups is 2. The second kappa shape index (κ2) is 15.7. The van der Waals surface area contributed by atoms with Gasteiger partial charge in [0.25, 0.3) is 0 Å². The highest BCUT2D eigenvalue weighted by Crippen LogP contribution is 2.59. The summed E-state index contributed by atoms with van der Waals surface area (Å²) in [7, 11) is 0. The van der Waals surface area contributed by atoms with Gasteiger partial charge in [0.15, 0.2) is 0 Å². The van der Waals surface area contributed by atoms with Crippen molar-refractivity contribution in [2.75, 3.05) is 13.2 Å². The van der Waals surface area contributed by atoms with Gasteiger partial charge in [0.05, 0.1) is 13.2 Å². The Hall–Kier alpha value is -1.10. The van der Waals surface area contributed by atoms with Crippen molar-refractivity contribution in [3.8, 4) is 0 Å². The van der Waals surface area contributed by atoms with Gasteiger partial charge in [0.2, 0.25) is 11.2 Å². The number of rotatable bonds is 20. The zero-order valence-corrected chi connectivity index (χ0v) is 21.6. The predicted octanol–water partition coefficient (Wildman–Crippen LogP) is 7.44. The lowest BCUT2D eigenvalue weighted by atomic mass is 9.79. The minimum atomic E-state index is -1.08. The molecule has 2 unspecified atom stereocenters. The van der Waals surface area contributed by atoms with Crippen molar-refractivity contribution >= 4 is 11.9 Å². The van der Waals surface area contributed by atoms with Crippen LogP contribution in [0.15, 0.2) is 0 Å². The molecule has 2 aliphatic rings. The number of hydrogen-bond donors (Lipinski definition) is 0. The van der Waals surface area contributed by atoms with Gasteiger partial charge in [-0.05, 0) is 38.5 Å². The van der Waals surface area contributed by atoms with Crippen molar-refractivity contribution in [2.24, 2.45) is 0 Å². The highest BCUT2D eigenvalue weighted by atomic mass is 16.7. The number of esters is 2. The van der Waals surface area contributed by atoms with Crippen molar-refractivity contribution in [1.82, 2.24) is 0 Å². The van der Waals surface area contributed by atoms with E-state index in [0.717, 1.165) is 38.5 Å². The van der Waals surface area contributed by atoms with E-state index in [1.165, 1.54) is 77.0 Å². The van der Waals surface area contributed by atoms with Crippen LogP contribution in [0, 0.1) is 0 Å². The van der Waals surface area contributed by atoms with Crippen molar-refractivity contribution in [3.05, 3.63) is 0 Å². The van der Waals surface area contributed by atoms with Crippen molar-refractivity contribution in [3.63, 3.8) is 0 Å². The van der Waals surface area contributed by atoms with E-state index >= 15 is 0 Å². The second-order valence-electron chi connectivity index (χ2n) is 10.2. The van der Waals surface area contributed by atoms with Crippen LogP contribution in [-0.4, -0.2) is 36.4 Å². The molecule has 1 saturated carbocycles. The van der Waals surface area contributed by atoms with Crippen molar-refractivity contribution in [1.29, 1.82) is 0 Å². The Balaban J connectivity index is 1.61. The standard InChI is InChI=1S/C28H50O5/c1-3-5-7-9-11-13-15-19-23-31-25(29)27-21-17-18-22-28(27,33-27)26(30)32-24-20-16-14-12-10-8-6-4-2/h3-24H2,1-2H3. The summed E-state index contributed by atoms with van der Waals surface area (Å²) in [5.74, 6) is -0.705. The summed E-state index contributed by atoms with van der Waals surface area (Å²) < 4.78 is 17.0. The van der Waals surface area contributed by atoms with Gasteiger partial charge >= 0.3 is 11.9 Å². The molecule has 2 rings (SSSR count). The van der Waals surface area contributed by atoms with E-state index in [4.69, 9.17) is 14.2 Å². The summed E-state index contributed by atoms with van der Waals surface area (Å²) in [6, 6.07) is 0. The lowest BCUT2D eigenvalue weighted by molar-refractivity contribution is -0.155. The molecular weight excluding hydrogens is 416 g/mol. The van der Waals surface area contributed by atoms with Crippen LogP contribution in [-0.2, 0) is 23.8 Å². The van der Waals surface area contributed by atoms with Gasteiger partial charge in [-0.15, -0.1) is 0 Å². The number of ether oxygens (including phenoxy) is 3. The maximum absolute atomic E-state index is 12.8. The molecule has 2 fully saturated rings. The van der Waals surface area contributed by atoms with E-state index in [1.54, 1.807) is 0 Å². The second-order valence-corrected chi connectivity index (χ2v) is 10.2. The van der Waals surface area contributed by atoms with Crippen LogP contribution in [0.2, 0.25) is 0 Å². The molecule has 1 saturated heterocycles. The molecule has 0 N–H and O–H groups in total. The lowest BCUT2D eigenvalue weighted by Gasteiger charge is -2.22. The fourth-order valence-electron chi connectivity index (χ4n) is 5.18. The van der Waals surface area contributed by atoms with Gasteiger partial charge in [-0.3, -0.25) is 0 Å². The molecule has 0 radical (unpaired) electrons. The average molecular weight is 467 g/mol. The van der Waals surface area contributed by atoms with E-state index in [0.29, 0.717) is 26.1 Å². The number of hydrogen-bond acceptors (Lipinski definition) is 5. The third-order valence-electron chi connectivity index (χ3n) is 7.39. The highest BCUT2D eigenvalue weighted by Gasteiger charge is 2.81. The minimum absolute atomic E-state index is 0.353. The smallest absolute Gasteiger partial charge is 0.342 e. The van der Waals surface area contributed by atoms with Crippen LogP contribution in [0.25, 0.3) is 0 Å². The molecule has 1 heterocycles. The third-order valence-corrected chi connectivity index (χ3v) is 7.39. The maximum atomic E-state index is 12.8. The molecule has 33 heavy (non-hydrogen) atoms. The molecule has 0 aromatic carbocycles. The topological polar surface area (TPSA) is 65.1 Å². The Bertz CT molecular complexity index is 514. The number of epoxide rings is 1. The summed E-state index contributed by atoms with van der Waals surface area (Å²) in [5.41, 5.74) is -2.16. The van der Waals surface area contributed by atoms with E-state index in [2.05, 4.69) is 13.8 Å². The molecule has 0 amide bonds. The van der Waals surface area contributed by atoms with Gasteiger partial charge in [0.1, 0.15) is 0 Å². The van der Waals surface area contributed by atoms with Crippen LogP contribution in [0.4, 0.5) is 0 Å². The first-order valence-electron chi connectivity index (χ1n) is 14.2. The summed E-state index contributed by atoms with van der Waals surface area (Å²) >= 11 is 0. The SMILES string of the molecule is CCCCCCCCCCOC(=O)C12CCCCC1(C(=O)OCCCCCCCCCC)O2. The average Bonchev–Trinajstić information content (AvgIpc) is 3.54. The Morgan fingerprint density at radius 3 is 1.27 bits per heavy atom. The third kappa shape index (κ3) is 8.56. The van der Waals surface area contributed by atoms with Crippen LogP contribution >= 0.6 is 0 Å². The first-order valence-corrected chi connectivity index (χ1v) is 14.2. The molecule has 2 atom stereocenters. The van der Waals surface area contributed by atoms with Crippen LogP contribution in [0.3, 0.4) is 0 Å². The molecule has 0 spiro atoms. The Kier molecular flexibility index (Phi) is 13.4. The molecular formula is C28H50O5. The summed E-state index contributed by atoms with van der Waals surface area (Å²) in [6.07, 6.45) is 22.2. The summed E-state index contributed by atoms with van der Waals surface area (Å²) in [4.78, 5) is 25.7. The molecule has 1 aliphatic carbocycles. The van der Waals surface area contributed by atoms with Crippen LogP contribution in [0.1, 0.15) is 142 Å². The maximum Gasteiger partial charge on any atom is 0.342 e. The Morgan fingerprint density at radius 1 is 0.576 bits per heavy atom. The zero-order chi connectivity index (χ0) is 23.8. The fraction of sp³-hybridized carbons (Fsp3) is 0.929. The van der Waals surface area contributed by atoms with Crippen molar-refractivity contribution in [2.45, 2.75) is 153 Å². The summed E-state index contributed by atoms with van der Waals surface area (Å²) in [6.45, 7) is 5.30. The molecule has 0 aromatic rings. The van der Waals surface area contributed by atoms with E-state index in [-0.39, 0.29) is 11.9 Å². The molecule has 192 valence electrons. The van der Waals surface area contributed by atoms with Crippen LogP contribution < -0.4 is 0 Å². The molecule has 1 aliphatic heterocycles. The summed E-state index contributed by atoms with van der Waals surface area (Å²) in [5, 5.41) is 0. The van der Waals surface area contributed by atoms with E-state index < -0.39 is 11.2 Å². The van der Waals surface area contributed by atoms with E-state index in [9.17, 15) is 9.59 Å². The van der Waals surface area contributed by atoms with Gasteiger partial charge in [-0.1, -0.05) is 104 Å². The Morgan fingerprint density at radius 2 is 0.909 bits per heavy atom. The molecule has 0 bridgehead atoms. The Labute approximate surface area is 202 Å². The normalized spacial score (nSPS) is 23.7. The van der Waals surface area contributed by atoms with Gasteiger partial charge in [0, 0.05) is 0 Å².